The SMILES string of the molecule is COC(OC)C(C)(C)C(=O)[C@H](C)[C@@H](O)[C@@H](C)CCC/C(C)=C\CC(OC(C)=O)C(C)=O. The summed E-state index contributed by atoms with van der Waals surface area (Å²) in [5, 5.41) is 10.7. The largest absolute Gasteiger partial charge is 0.454 e. The minimum Gasteiger partial charge on any atom is -0.454 e. The minimum atomic E-state index is -0.877. The van der Waals surface area contributed by atoms with Gasteiger partial charge >= 0.3 is 5.97 Å². The fourth-order valence-corrected chi connectivity index (χ4v) is 3.82. The van der Waals surface area contributed by atoms with Crippen molar-refractivity contribution in [2.24, 2.45) is 17.3 Å². The molecule has 31 heavy (non-hydrogen) atoms. The molecule has 0 amide bonds. The van der Waals surface area contributed by atoms with Gasteiger partial charge in [-0.05, 0) is 52.9 Å². The highest BCUT2D eigenvalue weighted by atomic mass is 16.7. The lowest BCUT2D eigenvalue weighted by Crippen LogP contribution is -2.46. The number of ether oxygens (including phenoxy) is 3. The molecule has 7 nitrogen and oxygen atoms in total. The van der Waals surface area contributed by atoms with E-state index in [9.17, 15) is 19.5 Å². The molecule has 0 aromatic heterocycles. The highest BCUT2D eigenvalue weighted by molar-refractivity contribution is 5.87. The zero-order chi connectivity index (χ0) is 24.4. The summed E-state index contributed by atoms with van der Waals surface area (Å²) in [5.41, 5.74) is 0.214. The van der Waals surface area contributed by atoms with Crippen molar-refractivity contribution in [1.82, 2.24) is 0 Å². The Morgan fingerprint density at radius 2 is 1.58 bits per heavy atom. The van der Waals surface area contributed by atoms with Crippen LogP contribution in [0.4, 0.5) is 0 Å². The molecule has 0 aliphatic carbocycles. The third kappa shape index (κ3) is 9.62. The number of aliphatic hydroxyl groups is 1. The van der Waals surface area contributed by atoms with Crippen LogP contribution in [0.5, 0.6) is 0 Å². The van der Waals surface area contributed by atoms with E-state index in [4.69, 9.17) is 14.2 Å². The maximum absolute atomic E-state index is 12.9. The summed E-state index contributed by atoms with van der Waals surface area (Å²) >= 11 is 0. The van der Waals surface area contributed by atoms with Crippen LogP contribution in [0.2, 0.25) is 0 Å². The van der Waals surface area contributed by atoms with E-state index < -0.39 is 35.8 Å². The summed E-state index contributed by atoms with van der Waals surface area (Å²) in [6.45, 7) is 11.9. The van der Waals surface area contributed by atoms with Crippen molar-refractivity contribution in [3.8, 4) is 0 Å². The van der Waals surface area contributed by atoms with Gasteiger partial charge in [-0.15, -0.1) is 0 Å². The Morgan fingerprint density at radius 3 is 2.03 bits per heavy atom. The van der Waals surface area contributed by atoms with Gasteiger partial charge in [-0.1, -0.05) is 25.5 Å². The molecule has 0 heterocycles. The van der Waals surface area contributed by atoms with E-state index in [1.165, 1.54) is 28.1 Å². The maximum Gasteiger partial charge on any atom is 0.303 e. The van der Waals surface area contributed by atoms with Gasteiger partial charge in [0.05, 0.1) is 11.5 Å². The lowest BCUT2D eigenvalue weighted by Gasteiger charge is -2.35. The number of carbonyl (C=O) groups is 3. The number of Topliss-reactive ketones (excluding diaryl/α,β-unsaturated/α-hetero) is 2. The van der Waals surface area contributed by atoms with Crippen molar-refractivity contribution < 1.29 is 33.7 Å². The van der Waals surface area contributed by atoms with Crippen molar-refractivity contribution in [3.05, 3.63) is 11.6 Å². The van der Waals surface area contributed by atoms with Gasteiger partial charge in [0.2, 0.25) is 0 Å². The summed E-state index contributed by atoms with van der Waals surface area (Å²) in [6, 6.07) is 0. The molecule has 1 N–H and O–H groups in total. The molecule has 0 aromatic carbocycles. The number of ketones is 2. The molecule has 0 saturated carbocycles. The number of aliphatic hydroxyl groups excluding tert-OH is 1. The zero-order valence-electron chi connectivity index (χ0n) is 20.7. The number of methoxy groups -OCH3 is 2. The molecular weight excluding hydrogens is 400 g/mol. The van der Waals surface area contributed by atoms with Crippen LogP contribution >= 0.6 is 0 Å². The number of esters is 1. The second kappa shape index (κ2) is 13.8. The van der Waals surface area contributed by atoms with Crippen molar-refractivity contribution >= 4 is 17.5 Å². The fourth-order valence-electron chi connectivity index (χ4n) is 3.82. The smallest absolute Gasteiger partial charge is 0.303 e. The van der Waals surface area contributed by atoms with Crippen LogP contribution in [0.1, 0.15) is 74.1 Å². The Balaban J connectivity index is 4.74. The normalized spacial score (nSPS) is 16.5. The Kier molecular flexibility index (Phi) is 13.1. The number of hydrogen-bond donors (Lipinski definition) is 1. The van der Waals surface area contributed by atoms with Crippen LogP contribution in [0.25, 0.3) is 0 Å². The van der Waals surface area contributed by atoms with Crippen LogP contribution < -0.4 is 0 Å². The predicted octanol–water partition coefficient (Wildman–Crippen LogP) is 3.86. The van der Waals surface area contributed by atoms with Crippen molar-refractivity contribution in [2.75, 3.05) is 14.2 Å². The quantitative estimate of drug-likeness (QED) is 0.233. The number of rotatable bonds is 15. The predicted molar refractivity (Wildman–Crippen MR) is 119 cm³/mol. The highest BCUT2D eigenvalue weighted by Crippen LogP contribution is 2.31. The van der Waals surface area contributed by atoms with Crippen LogP contribution in [0.15, 0.2) is 11.6 Å². The average molecular weight is 443 g/mol. The van der Waals surface area contributed by atoms with Crippen LogP contribution in [-0.2, 0) is 28.6 Å². The minimum absolute atomic E-state index is 0.0582. The Labute approximate surface area is 187 Å². The lowest BCUT2D eigenvalue weighted by atomic mass is 9.76. The topological polar surface area (TPSA) is 99.1 Å². The molecule has 7 heteroatoms. The average Bonchev–Trinajstić information content (AvgIpc) is 2.69. The van der Waals surface area contributed by atoms with Gasteiger partial charge < -0.3 is 19.3 Å². The fraction of sp³-hybridized carbons (Fsp3) is 0.792. The van der Waals surface area contributed by atoms with Crippen LogP contribution in [0, 0.1) is 17.3 Å². The van der Waals surface area contributed by atoms with Gasteiger partial charge in [0.15, 0.2) is 18.2 Å². The van der Waals surface area contributed by atoms with Crippen LogP contribution in [-0.4, -0.2) is 55.4 Å². The molecular formula is C24H42O7. The molecule has 0 spiro atoms. The molecule has 180 valence electrons. The number of allylic oxidation sites excluding steroid dienone is 1. The van der Waals surface area contributed by atoms with E-state index >= 15 is 0 Å². The Hall–Kier alpha value is -1.57. The Bertz CT molecular complexity index is 619. The van der Waals surface area contributed by atoms with Gasteiger partial charge in [-0.3, -0.25) is 14.4 Å². The monoisotopic (exact) mass is 442 g/mol. The number of carbonyl (C=O) groups excluding carboxylic acids is 3. The second-order valence-corrected chi connectivity index (χ2v) is 9.03. The Morgan fingerprint density at radius 1 is 1.03 bits per heavy atom. The zero-order valence-corrected chi connectivity index (χ0v) is 20.7. The summed E-state index contributed by atoms with van der Waals surface area (Å²) in [6.07, 6.45) is 2.47. The molecule has 0 aromatic rings. The molecule has 0 bridgehead atoms. The van der Waals surface area contributed by atoms with Crippen LogP contribution in [0.3, 0.4) is 0 Å². The molecule has 0 rings (SSSR count). The third-order valence-corrected chi connectivity index (χ3v) is 5.83. The number of hydrogen-bond acceptors (Lipinski definition) is 7. The van der Waals surface area contributed by atoms with Crippen molar-refractivity contribution in [1.29, 1.82) is 0 Å². The second-order valence-electron chi connectivity index (χ2n) is 9.03. The maximum atomic E-state index is 12.9. The first kappa shape index (κ1) is 29.4. The summed E-state index contributed by atoms with van der Waals surface area (Å²) in [4.78, 5) is 35.6. The van der Waals surface area contributed by atoms with E-state index in [0.29, 0.717) is 6.42 Å². The third-order valence-electron chi connectivity index (χ3n) is 5.83. The standard InChI is InChI=1S/C24H42O7/c1-15(13-14-20(18(4)25)31-19(5)26)11-10-12-16(2)21(27)17(3)22(28)24(6,7)23(29-8)30-9/h13,16-17,20-21,23,27H,10-12,14H2,1-9H3/b15-13-/t16-,17+,20?,21-/m0/s1. The van der Waals surface area contributed by atoms with Gasteiger partial charge in [0, 0.05) is 33.5 Å². The summed E-state index contributed by atoms with van der Waals surface area (Å²) < 4.78 is 15.6. The van der Waals surface area contributed by atoms with E-state index in [2.05, 4.69) is 0 Å². The molecule has 0 saturated heterocycles. The van der Waals surface area contributed by atoms with E-state index in [1.54, 1.807) is 20.8 Å². The van der Waals surface area contributed by atoms with Gasteiger partial charge in [0.1, 0.15) is 5.78 Å². The first-order valence-corrected chi connectivity index (χ1v) is 10.9. The first-order chi connectivity index (χ1) is 14.3. The van der Waals surface area contributed by atoms with Gasteiger partial charge in [-0.25, -0.2) is 0 Å². The summed E-state index contributed by atoms with van der Waals surface area (Å²) in [7, 11) is 2.99. The molecule has 0 aliphatic heterocycles. The van der Waals surface area contributed by atoms with Gasteiger partial charge in [-0.2, -0.15) is 0 Å². The lowest BCUT2D eigenvalue weighted by molar-refractivity contribution is -0.182. The van der Waals surface area contributed by atoms with E-state index in [0.717, 1.165) is 24.8 Å². The molecule has 1 unspecified atom stereocenters. The molecule has 0 radical (unpaired) electrons. The van der Waals surface area contributed by atoms with Crippen molar-refractivity contribution in [2.45, 2.75) is 92.6 Å². The molecule has 0 aliphatic rings. The molecule has 4 atom stereocenters. The van der Waals surface area contributed by atoms with Gasteiger partial charge in [0.25, 0.3) is 0 Å². The summed E-state index contributed by atoms with van der Waals surface area (Å²) in [5.74, 6) is -1.35. The molecule has 0 fully saturated rings. The van der Waals surface area contributed by atoms with E-state index in [-0.39, 0.29) is 17.5 Å². The highest BCUT2D eigenvalue weighted by Gasteiger charge is 2.42. The first-order valence-electron chi connectivity index (χ1n) is 10.9. The van der Waals surface area contributed by atoms with E-state index in [1.807, 2.05) is 19.9 Å². The van der Waals surface area contributed by atoms with Crippen molar-refractivity contribution in [3.63, 3.8) is 0 Å².